The quantitative estimate of drug-likeness (QED) is 0.231. The maximum absolute atomic E-state index is 12.7. The zero-order chi connectivity index (χ0) is 22.1. The first-order chi connectivity index (χ1) is 15.0. The fraction of sp³-hybridized carbons (Fsp3) is 0.455. The van der Waals surface area contributed by atoms with Crippen LogP contribution in [0.3, 0.4) is 0 Å². The van der Waals surface area contributed by atoms with Crippen LogP contribution in [0.1, 0.15) is 30.4 Å². The normalized spacial score (nSPS) is 18.7. The first-order valence-corrected chi connectivity index (χ1v) is 11.7. The lowest BCUT2D eigenvalue weighted by atomic mass is 10.0. The number of aryl methyl sites for hydroxylation is 1. The minimum absolute atomic E-state index is 0.0640. The van der Waals surface area contributed by atoms with Crippen molar-refractivity contribution in [3.63, 3.8) is 0 Å². The smallest absolute Gasteiger partial charge is 0.297 e. The van der Waals surface area contributed by atoms with Crippen molar-refractivity contribution in [2.24, 2.45) is 5.11 Å². The highest BCUT2D eigenvalue weighted by Crippen LogP contribution is 2.22. The molecular formula is C22H27N3O5S. The number of hydrogen-bond acceptors (Lipinski definition) is 6. The number of benzene rings is 2. The van der Waals surface area contributed by atoms with Crippen LogP contribution in [0, 0.1) is 6.92 Å². The van der Waals surface area contributed by atoms with E-state index >= 15 is 0 Å². The van der Waals surface area contributed by atoms with E-state index in [9.17, 15) is 8.42 Å². The topological polar surface area (TPSA) is 111 Å². The Labute approximate surface area is 182 Å². The summed E-state index contributed by atoms with van der Waals surface area (Å²) in [5.74, 6) is 0. The van der Waals surface area contributed by atoms with Gasteiger partial charge in [-0.25, -0.2) is 0 Å². The van der Waals surface area contributed by atoms with Gasteiger partial charge < -0.3 is 9.47 Å². The fourth-order valence-electron chi connectivity index (χ4n) is 3.35. The molecule has 0 saturated carbocycles. The van der Waals surface area contributed by atoms with Gasteiger partial charge in [-0.15, -0.1) is 0 Å². The summed E-state index contributed by atoms with van der Waals surface area (Å²) in [6, 6.07) is 15.3. The van der Waals surface area contributed by atoms with Crippen molar-refractivity contribution in [3.05, 3.63) is 76.2 Å². The lowest BCUT2D eigenvalue weighted by molar-refractivity contribution is -0.196. The SMILES string of the molecule is Cc1ccc(S(=O)(=O)OC[C@@H](OC2CCCCO2)[C@H](Cc2ccccc2)N=[N+]=[N-])cc1. The van der Waals surface area contributed by atoms with Crippen LogP contribution in [0.25, 0.3) is 10.4 Å². The monoisotopic (exact) mass is 445 g/mol. The summed E-state index contributed by atoms with van der Waals surface area (Å²) in [5, 5.41) is 3.90. The lowest BCUT2D eigenvalue weighted by Gasteiger charge is -2.30. The molecule has 3 rings (SSSR count). The third-order valence-electron chi connectivity index (χ3n) is 5.08. The molecule has 0 radical (unpaired) electrons. The van der Waals surface area contributed by atoms with Crippen molar-refractivity contribution in [2.75, 3.05) is 13.2 Å². The highest BCUT2D eigenvalue weighted by atomic mass is 32.2. The van der Waals surface area contributed by atoms with Crippen LogP contribution < -0.4 is 0 Å². The Morgan fingerprint density at radius 3 is 2.55 bits per heavy atom. The van der Waals surface area contributed by atoms with Crippen molar-refractivity contribution in [3.8, 4) is 0 Å². The molecule has 0 amide bonds. The van der Waals surface area contributed by atoms with Crippen molar-refractivity contribution < 1.29 is 22.1 Å². The van der Waals surface area contributed by atoms with Crippen LogP contribution in [0.5, 0.6) is 0 Å². The predicted molar refractivity (Wildman–Crippen MR) is 116 cm³/mol. The maximum atomic E-state index is 12.7. The lowest BCUT2D eigenvalue weighted by Crippen LogP contribution is -2.39. The van der Waals surface area contributed by atoms with Crippen molar-refractivity contribution in [1.82, 2.24) is 0 Å². The van der Waals surface area contributed by atoms with E-state index in [-0.39, 0.29) is 11.5 Å². The van der Waals surface area contributed by atoms with Gasteiger partial charge in [0.25, 0.3) is 10.1 Å². The van der Waals surface area contributed by atoms with Crippen LogP contribution in [-0.2, 0) is 30.2 Å². The van der Waals surface area contributed by atoms with E-state index in [1.807, 2.05) is 37.3 Å². The minimum Gasteiger partial charge on any atom is -0.353 e. The summed E-state index contributed by atoms with van der Waals surface area (Å²) in [7, 11) is -3.99. The Kier molecular flexibility index (Phi) is 8.45. The number of nitrogens with zero attached hydrogens (tertiary/aromatic N) is 3. The molecule has 1 saturated heterocycles. The van der Waals surface area contributed by atoms with E-state index < -0.39 is 28.6 Å². The average molecular weight is 446 g/mol. The van der Waals surface area contributed by atoms with E-state index in [4.69, 9.17) is 19.2 Å². The van der Waals surface area contributed by atoms with Gasteiger partial charge in [0.2, 0.25) is 0 Å². The highest BCUT2D eigenvalue weighted by Gasteiger charge is 2.29. The second-order valence-corrected chi connectivity index (χ2v) is 9.10. The second kappa shape index (κ2) is 11.3. The van der Waals surface area contributed by atoms with Crippen LogP contribution in [0.4, 0.5) is 0 Å². The van der Waals surface area contributed by atoms with Crippen LogP contribution >= 0.6 is 0 Å². The zero-order valence-electron chi connectivity index (χ0n) is 17.5. The summed E-state index contributed by atoms with van der Waals surface area (Å²) < 4.78 is 42.4. The van der Waals surface area contributed by atoms with Crippen LogP contribution in [0.15, 0.2) is 64.6 Å². The fourth-order valence-corrected chi connectivity index (χ4v) is 4.27. The maximum Gasteiger partial charge on any atom is 0.297 e. The molecule has 1 heterocycles. The summed E-state index contributed by atoms with van der Waals surface area (Å²) >= 11 is 0. The van der Waals surface area contributed by atoms with Gasteiger partial charge in [-0.05, 0) is 55.8 Å². The first kappa shape index (κ1) is 23.2. The molecule has 0 spiro atoms. The average Bonchev–Trinajstić information content (AvgIpc) is 2.78. The molecule has 1 aliphatic heterocycles. The van der Waals surface area contributed by atoms with E-state index in [0.29, 0.717) is 19.4 Å². The molecule has 0 bridgehead atoms. The standard InChI is InChI=1S/C22H27N3O5S/c1-17-10-12-19(13-11-17)31(26,27)29-16-21(30-22-9-5-6-14-28-22)20(24-25-23)15-18-7-3-2-4-8-18/h2-4,7-8,10-13,20-22H,5-6,9,14-16H2,1H3/t20-,21+,22?/m0/s1. The molecule has 1 unspecified atom stereocenters. The van der Waals surface area contributed by atoms with Gasteiger partial charge in [-0.1, -0.05) is 53.1 Å². The third kappa shape index (κ3) is 7.05. The van der Waals surface area contributed by atoms with E-state index in [1.165, 1.54) is 12.1 Å². The third-order valence-corrected chi connectivity index (χ3v) is 6.37. The van der Waals surface area contributed by atoms with Crippen molar-refractivity contribution in [2.45, 2.75) is 55.9 Å². The van der Waals surface area contributed by atoms with E-state index in [1.54, 1.807) is 12.1 Å². The highest BCUT2D eigenvalue weighted by molar-refractivity contribution is 7.86. The van der Waals surface area contributed by atoms with Crippen molar-refractivity contribution >= 4 is 10.1 Å². The molecule has 9 heteroatoms. The molecular weight excluding hydrogens is 418 g/mol. The molecule has 31 heavy (non-hydrogen) atoms. The Morgan fingerprint density at radius 1 is 1.16 bits per heavy atom. The molecule has 2 aromatic carbocycles. The first-order valence-electron chi connectivity index (χ1n) is 10.3. The van der Waals surface area contributed by atoms with Gasteiger partial charge in [-0.3, -0.25) is 4.18 Å². The van der Waals surface area contributed by atoms with Gasteiger partial charge in [0.1, 0.15) is 0 Å². The molecule has 1 aliphatic rings. The molecule has 8 nitrogen and oxygen atoms in total. The number of ether oxygens (including phenoxy) is 2. The number of hydrogen-bond donors (Lipinski definition) is 0. The Hall–Kier alpha value is -2.42. The molecule has 2 aromatic rings. The Bertz CT molecular complexity index is 970. The Morgan fingerprint density at radius 2 is 1.90 bits per heavy atom. The number of rotatable bonds is 10. The number of azide groups is 1. The van der Waals surface area contributed by atoms with Crippen LogP contribution in [0.2, 0.25) is 0 Å². The predicted octanol–water partition coefficient (Wildman–Crippen LogP) is 4.53. The summed E-state index contributed by atoms with van der Waals surface area (Å²) in [5.41, 5.74) is 11.0. The molecule has 1 fully saturated rings. The Balaban J connectivity index is 1.78. The van der Waals surface area contributed by atoms with Crippen molar-refractivity contribution in [1.29, 1.82) is 0 Å². The molecule has 0 aliphatic carbocycles. The summed E-state index contributed by atoms with van der Waals surface area (Å²) in [6.07, 6.45) is 1.69. The van der Waals surface area contributed by atoms with Gasteiger partial charge in [-0.2, -0.15) is 8.42 Å². The summed E-state index contributed by atoms with van der Waals surface area (Å²) in [6.45, 7) is 2.16. The molecule has 3 atom stereocenters. The second-order valence-electron chi connectivity index (χ2n) is 7.48. The van der Waals surface area contributed by atoms with E-state index in [0.717, 1.165) is 24.0 Å². The van der Waals surface area contributed by atoms with Gasteiger partial charge in [0.05, 0.1) is 23.6 Å². The minimum atomic E-state index is -3.99. The molecule has 166 valence electrons. The van der Waals surface area contributed by atoms with E-state index in [2.05, 4.69) is 10.0 Å². The molecule has 0 aromatic heterocycles. The van der Waals surface area contributed by atoms with Gasteiger partial charge in [0, 0.05) is 11.5 Å². The van der Waals surface area contributed by atoms with Crippen LogP contribution in [-0.4, -0.2) is 40.1 Å². The molecule has 0 N–H and O–H groups in total. The van der Waals surface area contributed by atoms with Gasteiger partial charge >= 0.3 is 0 Å². The summed E-state index contributed by atoms with van der Waals surface area (Å²) in [4.78, 5) is 3.02. The largest absolute Gasteiger partial charge is 0.353 e. The zero-order valence-corrected chi connectivity index (χ0v) is 18.3. The van der Waals surface area contributed by atoms with Gasteiger partial charge in [0.15, 0.2) is 6.29 Å².